The largest absolute Gasteiger partial charge is 0.494 e. The number of aromatic nitrogens is 5. The molecule has 0 amide bonds. The molecule has 0 fully saturated rings. The highest BCUT2D eigenvalue weighted by Crippen LogP contribution is 2.31. The Kier molecular flexibility index (Phi) is 6.53. The number of aryl methyl sites for hydroxylation is 1. The van der Waals surface area contributed by atoms with Crippen LogP contribution in [0.1, 0.15) is 30.2 Å². The molecule has 0 saturated carbocycles. The van der Waals surface area contributed by atoms with Crippen LogP contribution < -0.4 is 14.4 Å². The van der Waals surface area contributed by atoms with Crippen LogP contribution in [0.5, 0.6) is 11.8 Å². The molecular weight excluding hydrogens is 408 g/mol. The highest BCUT2D eigenvalue weighted by Gasteiger charge is 2.23. The summed E-state index contributed by atoms with van der Waals surface area (Å²) in [5, 5.41) is 0. The van der Waals surface area contributed by atoms with Crippen molar-refractivity contribution in [2.75, 3.05) is 32.2 Å². The van der Waals surface area contributed by atoms with Crippen LogP contribution >= 0.6 is 0 Å². The molecule has 3 heterocycles. The van der Waals surface area contributed by atoms with Gasteiger partial charge in [0.05, 0.1) is 20.3 Å². The van der Waals surface area contributed by atoms with Crippen LogP contribution in [0.15, 0.2) is 30.7 Å². The first kappa shape index (κ1) is 21.6. The normalized spacial score (nSPS) is 12.3. The van der Waals surface area contributed by atoms with Crippen LogP contribution in [0.3, 0.4) is 0 Å². The first-order chi connectivity index (χ1) is 15.6. The zero-order valence-electron chi connectivity index (χ0n) is 18.5. The van der Waals surface area contributed by atoms with E-state index in [1.807, 2.05) is 31.0 Å². The number of carbonyl (C=O) groups excluding carboxylic acids is 1. The van der Waals surface area contributed by atoms with Gasteiger partial charge in [-0.2, -0.15) is 0 Å². The molecule has 3 aromatic rings. The molecule has 0 spiro atoms. The van der Waals surface area contributed by atoms with E-state index in [2.05, 4.69) is 15.0 Å². The second-order valence-electron chi connectivity index (χ2n) is 7.61. The molecule has 32 heavy (non-hydrogen) atoms. The smallest absolute Gasteiger partial charge is 0.316 e. The number of likely N-dealkylation sites (N-methyl/N-ethyl adjacent to an activating group) is 1. The summed E-state index contributed by atoms with van der Waals surface area (Å²) in [6.45, 7) is 2.74. The molecule has 0 atom stereocenters. The fourth-order valence-corrected chi connectivity index (χ4v) is 3.80. The minimum Gasteiger partial charge on any atom is -0.494 e. The summed E-state index contributed by atoms with van der Waals surface area (Å²) in [6.07, 6.45) is 7.99. The van der Waals surface area contributed by atoms with Gasteiger partial charge in [-0.25, -0.2) is 19.9 Å². The van der Waals surface area contributed by atoms with Crippen LogP contribution in [-0.2, 0) is 24.1 Å². The highest BCUT2D eigenvalue weighted by atomic mass is 16.5. The molecule has 0 N–H and O–H groups in total. The van der Waals surface area contributed by atoms with Crippen molar-refractivity contribution >= 4 is 11.6 Å². The Morgan fingerprint density at radius 1 is 1.16 bits per heavy atom. The van der Waals surface area contributed by atoms with Crippen molar-refractivity contribution in [2.45, 2.75) is 32.6 Å². The summed E-state index contributed by atoms with van der Waals surface area (Å²) in [5.41, 5.74) is 3.53. The molecule has 1 aliphatic carbocycles. The fraction of sp³-hybridized carbons (Fsp3) is 0.391. The first-order valence-corrected chi connectivity index (χ1v) is 10.6. The molecule has 0 saturated heterocycles. The number of methoxy groups -OCH3 is 1. The average molecular weight is 435 g/mol. The average Bonchev–Trinajstić information content (AvgIpc) is 3.28. The first-order valence-electron chi connectivity index (χ1n) is 10.6. The maximum Gasteiger partial charge on any atom is 0.316 e. The lowest BCUT2D eigenvalue weighted by Gasteiger charge is -2.21. The molecule has 4 rings (SSSR count). The van der Waals surface area contributed by atoms with Gasteiger partial charge in [-0.15, -0.1) is 0 Å². The van der Waals surface area contributed by atoms with Gasteiger partial charge < -0.3 is 14.4 Å². The van der Waals surface area contributed by atoms with Crippen LogP contribution in [0, 0.1) is 0 Å². The zero-order valence-corrected chi connectivity index (χ0v) is 18.5. The van der Waals surface area contributed by atoms with E-state index in [0.29, 0.717) is 18.1 Å². The predicted molar refractivity (Wildman–Crippen MR) is 119 cm³/mol. The Morgan fingerprint density at radius 2 is 1.97 bits per heavy atom. The molecule has 0 aromatic carbocycles. The molecule has 9 heteroatoms. The highest BCUT2D eigenvalue weighted by molar-refractivity contribution is 5.85. The van der Waals surface area contributed by atoms with Gasteiger partial charge in [0, 0.05) is 49.4 Å². The number of carbonyl (C=O) groups is 1. The number of Topliss-reactive ketones (excluding diaryl/α,β-unsaturated/α-hetero) is 1. The number of anilines is 1. The van der Waals surface area contributed by atoms with Crippen LogP contribution in [0.25, 0.3) is 11.5 Å². The molecule has 1 aliphatic rings. The lowest BCUT2D eigenvalue weighted by molar-refractivity contribution is -0.117. The van der Waals surface area contributed by atoms with E-state index in [4.69, 9.17) is 19.4 Å². The summed E-state index contributed by atoms with van der Waals surface area (Å²) in [6, 6.07) is 3.94. The second kappa shape index (κ2) is 9.67. The fourth-order valence-electron chi connectivity index (χ4n) is 3.80. The Bertz CT molecular complexity index is 1100. The third kappa shape index (κ3) is 4.82. The molecule has 3 aromatic heterocycles. The van der Waals surface area contributed by atoms with Crippen molar-refractivity contribution in [3.8, 4) is 23.3 Å². The summed E-state index contributed by atoms with van der Waals surface area (Å²) >= 11 is 0. The topological polar surface area (TPSA) is 103 Å². The van der Waals surface area contributed by atoms with E-state index >= 15 is 0 Å². The number of nitrogens with zero attached hydrogens (tertiary/aromatic N) is 6. The number of pyridine rings is 1. The van der Waals surface area contributed by atoms with Crippen molar-refractivity contribution in [1.29, 1.82) is 0 Å². The molecule has 0 unspecified atom stereocenters. The van der Waals surface area contributed by atoms with E-state index in [1.165, 1.54) is 7.11 Å². The van der Waals surface area contributed by atoms with Gasteiger partial charge in [-0.3, -0.25) is 9.78 Å². The van der Waals surface area contributed by atoms with Gasteiger partial charge in [0.25, 0.3) is 0 Å². The molecule has 9 nitrogen and oxygen atoms in total. The number of fused-ring (bicyclic) bond motifs is 1. The van der Waals surface area contributed by atoms with Gasteiger partial charge in [0.1, 0.15) is 17.3 Å². The number of ether oxygens (including phenoxy) is 2. The summed E-state index contributed by atoms with van der Waals surface area (Å²) in [5.74, 6) is 2.11. The third-order valence-corrected chi connectivity index (χ3v) is 5.22. The maximum atomic E-state index is 12.7. The Balaban J connectivity index is 1.55. The minimum absolute atomic E-state index is 0.0460. The van der Waals surface area contributed by atoms with Crippen molar-refractivity contribution in [3.05, 3.63) is 47.5 Å². The lowest BCUT2D eigenvalue weighted by Crippen LogP contribution is -2.29. The van der Waals surface area contributed by atoms with Gasteiger partial charge in [0.15, 0.2) is 11.6 Å². The van der Waals surface area contributed by atoms with Crippen molar-refractivity contribution < 1.29 is 14.3 Å². The van der Waals surface area contributed by atoms with Crippen LogP contribution in [-0.4, -0.2) is 58.0 Å². The predicted octanol–water partition coefficient (Wildman–Crippen LogP) is 2.47. The number of rotatable bonds is 9. The van der Waals surface area contributed by atoms with Gasteiger partial charge in [-0.05, 0) is 37.8 Å². The maximum absolute atomic E-state index is 12.7. The molecule has 0 aliphatic heterocycles. The number of hydrogen-bond acceptors (Lipinski definition) is 9. The summed E-state index contributed by atoms with van der Waals surface area (Å²) in [4.78, 5) is 36.7. The summed E-state index contributed by atoms with van der Waals surface area (Å²) in [7, 11) is 3.39. The monoisotopic (exact) mass is 434 g/mol. The summed E-state index contributed by atoms with van der Waals surface area (Å²) < 4.78 is 10.6. The van der Waals surface area contributed by atoms with Gasteiger partial charge in [-0.1, -0.05) is 0 Å². The lowest BCUT2D eigenvalue weighted by atomic mass is 10.1. The van der Waals surface area contributed by atoms with Gasteiger partial charge in [0.2, 0.25) is 0 Å². The second-order valence-corrected chi connectivity index (χ2v) is 7.61. The van der Waals surface area contributed by atoms with Gasteiger partial charge >= 0.3 is 6.01 Å². The quantitative estimate of drug-likeness (QED) is 0.502. The molecule has 0 bridgehead atoms. The minimum atomic E-state index is 0.0460. The van der Waals surface area contributed by atoms with Crippen molar-refractivity contribution in [2.24, 2.45) is 0 Å². The standard InChI is InChI=1S/C23H26N6O3/c1-4-32-17-8-9-24-20(11-17)21-27-19-7-5-6-18(19)22(28-21)29(2)14-16(30)10-15-12-25-23(31-3)26-13-15/h8-9,11-13H,4-7,10,14H2,1-3H3. The molecule has 0 radical (unpaired) electrons. The van der Waals surface area contributed by atoms with E-state index in [9.17, 15) is 4.79 Å². The third-order valence-electron chi connectivity index (χ3n) is 5.22. The van der Waals surface area contributed by atoms with Crippen molar-refractivity contribution in [1.82, 2.24) is 24.9 Å². The number of ketones is 1. The molecule has 166 valence electrons. The Morgan fingerprint density at radius 3 is 2.72 bits per heavy atom. The SMILES string of the molecule is CCOc1ccnc(-c2nc3c(c(N(C)CC(=O)Cc4cnc(OC)nc4)n2)CCC3)c1. The van der Waals surface area contributed by atoms with E-state index < -0.39 is 0 Å². The Hall–Kier alpha value is -3.62. The number of hydrogen-bond donors (Lipinski definition) is 0. The van der Waals surface area contributed by atoms with E-state index in [1.54, 1.807) is 18.6 Å². The van der Waals surface area contributed by atoms with Crippen LogP contribution in [0.2, 0.25) is 0 Å². The molecular formula is C23H26N6O3. The van der Waals surface area contributed by atoms with Crippen LogP contribution in [0.4, 0.5) is 5.82 Å². The van der Waals surface area contributed by atoms with E-state index in [-0.39, 0.29) is 24.8 Å². The van der Waals surface area contributed by atoms with Crippen molar-refractivity contribution in [3.63, 3.8) is 0 Å². The van der Waals surface area contributed by atoms with E-state index in [0.717, 1.165) is 47.7 Å². The zero-order chi connectivity index (χ0) is 22.5. The Labute approximate surface area is 186 Å².